The topological polar surface area (TPSA) is 120 Å². The highest BCUT2D eigenvalue weighted by molar-refractivity contribution is 5.95. The van der Waals surface area contributed by atoms with Gasteiger partial charge in [0.05, 0.1) is 12.8 Å². The largest absolute Gasteiger partial charge is 0.469 e. The number of methoxy groups -OCH3 is 1. The van der Waals surface area contributed by atoms with Crippen LogP contribution in [0.5, 0.6) is 0 Å². The molecule has 1 aromatic heterocycles. The number of hydrogen-bond acceptors (Lipinski definition) is 6. The van der Waals surface area contributed by atoms with Gasteiger partial charge in [-0.3, -0.25) is 10.2 Å². The molecule has 27 heavy (non-hydrogen) atoms. The Labute approximate surface area is 162 Å². The lowest BCUT2D eigenvalue weighted by Gasteiger charge is -2.02. The van der Waals surface area contributed by atoms with Crippen molar-refractivity contribution in [1.29, 1.82) is 5.41 Å². The molecule has 3 N–H and O–H groups in total. The van der Waals surface area contributed by atoms with Gasteiger partial charge in [0.2, 0.25) is 5.82 Å². The number of aryl methyl sites for hydroxylation is 1. The zero-order chi connectivity index (χ0) is 18.5. The lowest BCUT2D eigenvalue weighted by Crippen LogP contribution is -2.10. The molecule has 8 nitrogen and oxygen atoms in total. The third-order valence-corrected chi connectivity index (χ3v) is 3.88. The normalized spacial score (nSPS) is 10.1. The van der Waals surface area contributed by atoms with Crippen molar-refractivity contribution >= 4 is 24.2 Å². The van der Waals surface area contributed by atoms with Gasteiger partial charge in [-0.25, -0.2) is 0 Å². The smallest absolute Gasteiger partial charge is 0.305 e. The molecule has 0 aliphatic rings. The maximum atomic E-state index is 11.2. The van der Waals surface area contributed by atoms with Crippen molar-refractivity contribution in [2.24, 2.45) is 5.73 Å². The van der Waals surface area contributed by atoms with Crippen molar-refractivity contribution in [3.8, 4) is 17.1 Å². The number of aromatic nitrogens is 4. The van der Waals surface area contributed by atoms with E-state index in [-0.39, 0.29) is 24.2 Å². The monoisotopic (exact) mass is 386 g/mol. The number of nitrogens with one attached hydrogen (secondary N) is 1. The summed E-state index contributed by atoms with van der Waals surface area (Å²) in [5, 5.41) is 19.9. The molecule has 1 heterocycles. The Hall–Kier alpha value is -3.26. The molecule has 0 amide bonds. The number of tetrazole rings is 1. The van der Waals surface area contributed by atoms with Crippen molar-refractivity contribution in [3.05, 3.63) is 59.7 Å². The summed E-state index contributed by atoms with van der Waals surface area (Å²) in [6.07, 6.45) is 0.962. The fraction of sp³-hybridized carbons (Fsp3) is 0.167. The summed E-state index contributed by atoms with van der Waals surface area (Å²) in [6, 6.07) is 14.7. The number of halogens is 1. The molecule has 0 spiro atoms. The van der Waals surface area contributed by atoms with E-state index in [4.69, 9.17) is 11.1 Å². The second-order valence-electron chi connectivity index (χ2n) is 5.64. The number of esters is 1. The van der Waals surface area contributed by atoms with Crippen LogP contribution < -0.4 is 5.73 Å². The quantitative estimate of drug-likeness (QED) is 0.380. The minimum atomic E-state index is -0.229. The molecule has 0 bridgehead atoms. The van der Waals surface area contributed by atoms with Crippen LogP contribution in [0.15, 0.2) is 48.5 Å². The third kappa shape index (κ3) is 4.89. The molecule has 2 aromatic carbocycles. The highest BCUT2D eigenvalue weighted by atomic mass is 35.5. The van der Waals surface area contributed by atoms with Gasteiger partial charge in [-0.2, -0.15) is 0 Å². The molecule has 0 saturated carbocycles. The van der Waals surface area contributed by atoms with Gasteiger partial charge in [0, 0.05) is 17.5 Å². The van der Waals surface area contributed by atoms with Gasteiger partial charge in [-0.05, 0) is 29.3 Å². The van der Waals surface area contributed by atoms with Crippen LogP contribution in [-0.4, -0.2) is 39.1 Å². The highest BCUT2D eigenvalue weighted by Gasteiger charge is 2.08. The van der Waals surface area contributed by atoms with Crippen molar-refractivity contribution in [1.82, 2.24) is 20.2 Å². The molecule has 0 radical (unpaired) electrons. The minimum absolute atomic E-state index is 0. The number of rotatable bonds is 6. The lowest BCUT2D eigenvalue weighted by molar-refractivity contribution is -0.140. The van der Waals surface area contributed by atoms with E-state index in [0.717, 1.165) is 16.8 Å². The summed E-state index contributed by atoms with van der Waals surface area (Å²) in [5.41, 5.74) is 8.68. The molecule has 0 aliphatic carbocycles. The Kier molecular flexibility index (Phi) is 6.62. The zero-order valence-corrected chi connectivity index (χ0v) is 15.4. The summed E-state index contributed by atoms with van der Waals surface area (Å²) in [4.78, 5) is 12.6. The van der Waals surface area contributed by atoms with Crippen LogP contribution in [0.3, 0.4) is 0 Å². The van der Waals surface area contributed by atoms with E-state index in [2.05, 4.69) is 20.1 Å². The Bertz CT molecular complexity index is 922. The Morgan fingerprint density at radius 3 is 2.41 bits per heavy atom. The number of carbonyl (C=O) groups is 1. The van der Waals surface area contributed by atoms with Crippen LogP contribution >= 0.6 is 12.4 Å². The first-order valence-electron chi connectivity index (χ1n) is 7.98. The Balaban J connectivity index is 0.00000261. The van der Waals surface area contributed by atoms with Gasteiger partial charge in [-0.15, -0.1) is 27.4 Å². The zero-order valence-electron chi connectivity index (χ0n) is 14.6. The summed E-state index contributed by atoms with van der Waals surface area (Å²) >= 11 is 0. The molecule has 0 unspecified atom stereocenters. The summed E-state index contributed by atoms with van der Waals surface area (Å²) in [5.74, 6) is 0.266. The molecule has 3 aromatic rings. The van der Waals surface area contributed by atoms with Crippen molar-refractivity contribution in [3.63, 3.8) is 0 Å². The fourth-order valence-corrected chi connectivity index (χ4v) is 2.38. The molecule has 9 heteroatoms. The minimum Gasteiger partial charge on any atom is -0.469 e. The molecular weight excluding hydrogens is 368 g/mol. The van der Waals surface area contributed by atoms with Crippen LogP contribution in [0.4, 0.5) is 0 Å². The molecule has 3 rings (SSSR count). The number of nitrogens with zero attached hydrogens (tertiary/aromatic N) is 4. The molecule has 0 fully saturated rings. The van der Waals surface area contributed by atoms with E-state index in [0.29, 0.717) is 24.2 Å². The molecule has 140 valence electrons. The maximum Gasteiger partial charge on any atom is 0.305 e. The van der Waals surface area contributed by atoms with Crippen LogP contribution in [-0.2, 0) is 16.0 Å². The highest BCUT2D eigenvalue weighted by Crippen LogP contribution is 2.16. The van der Waals surface area contributed by atoms with Crippen LogP contribution in [0.2, 0.25) is 0 Å². The second kappa shape index (κ2) is 8.91. The van der Waals surface area contributed by atoms with Gasteiger partial charge in [0.1, 0.15) is 5.84 Å². The van der Waals surface area contributed by atoms with Crippen LogP contribution in [0.25, 0.3) is 17.1 Å². The molecule has 0 saturated heterocycles. The standard InChI is InChI=1S/C18H18N6O2.ClH/c1-26-16(25)11-4-12-2-9-15(10-3-12)24-22-18(21-23-24)14-7-5-13(6-8-14)17(19)20;/h2-3,5-10H,4,11H2,1H3,(H3,19,20);1H. The first kappa shape index (κ1) is 20.1. The molecule has 0 atom stereocenters. The van der Waals surface area contributed by atoms with Gasteiger partial charge >= 0.3 is 5.97 Å². The Morgan fingerprint density at radius 2 is 1.81 bits per heavy atom. The van der Waals surface area contributed by atoms with Gasteiger partial charge in [0.15, 0.2) is 0 Å². The number of nitrogens with two attached hydrogens (primary N) is 1. The van der Waals surface area contributed by atoms with E-state index in [1.807, 2.05) is 24.3 Å². The Morgan fingerprint density at radius 1 is 1.15 bits per heavy atom. The number of hydrogen-bond donors (Lipinski definition) is 2. The van der Waals surface area contributed by atoms with Crippen molar-refractivity contribution < 1.29 is 9.53 Å². The first-order chi connectivity index (χ1) is 12.6. The van der Waals surface area contributed by atoms with Gasteiger partial charge in [0.25, 0.3) is 0 Å². The van der Waals surface area contributed by atoms with Crippen molar-refractivity contribution in [2.75, 3.05) is 7.11 Å². The van der Waals surface area contributed by atoms with E-state index < -0.39 is 0 Å². The average Bonchev–Trinajstić information content (AvgIpc) is 3.16. The second-order valence-corrected chi connectivity index (χ2v) is 5.64. The van der Waals surface area contributed by atoms with Crippen LogP contribution in [0, 0.1) is 5.41 Å². The number of amidine groups is 1. The van der Waals surface area contributed by atoms with Gasteiger partial charge in [-0.1, -0.05) is 36.4 Å². The van der Waals surface area contributed by atoms with Crippen LogP contribution in [0.1, 0.15) is 17.5 Å². The van der Waals surface area contributed by atoms with E-state index in [1.54, 1.807) is 24.3 Å². The molecular formula is C18H19ClN6O2. The van der Waals surface area contributed by atoms with E-state index >= 15 is 0 Å². The lowest BCUT2D eigenvalue weighted by atomic mass is 10.1. The summed E-state index contributed by atoms with van der Waals surface area (Å²) in [7, 11) is 1.38. The third-order valence-electron chi connectivity index (χ3n) is 3.88. The number of ether oxygens (including phenoxy) is 1. The summed E-state index contributed by atoms with van der Waals surface area (Å²) in [6.45, 7) is 0. The predicted molar refractivity (Wildman–Crippen MR) is 103 cm³/mol. The average molecular weight is 387 g/mol. The van der Waals surface area contributed by atoms with E-state index in [9.17, 15) is 4.79 Å². The SMILES string of the molecule is COC(=O)CCc1ccc(-n2nnc(-c3ccc(C(=N)N)cc3)n2)cc1.Cl. The number of benzene rings is 2. The van der Waals surface area contributed by atoms with Crippen molar-refractivity contribution in [2.45, 2.75) is 12.8 Å². The number of nitrogen functional groups attached to an aromatic ring is 1. The number of carbonyl (C=O) groups excluding carboxylic acids is 1. The van der Waals surface area contributed by atoms with E-state index in [1.165, 1.54) is 11.9 Å². The summed E-state index contributed by atoms with van der Waals surface area (Å²) < 4.78 is 4.64. The fourth-order valence-electron chi connectivity index (χ4n) is 2.38. The molecule has 0 aliphatic heterocycles. The first-order valence-corrected chi connectivity index (χ1v) is 7.98. The van der Waals surface area contributed by atoms with Gasteiger partial charge < -0.3 is 10.5 Å². The predicted octanol–water partition coefficient (Wildman–Crippen LogP) is 2.14. The maximum absolute atomic E-state index is 11.2.